The van der Waals surface area contributed by atoms with Gasteiger partial charge in [0.25, 0.3) is 6.01 Å². The number of benzene rings is 1. The summed E-state index contributed by atoms with van der Waals surface area (Å²) in [4.78, 5) is 9.33. The van der Waals surface area contributed by atoms with E-state index in [0.29, 0.717) is 0 Å². The molecule has 4 rings (SSSR count). The van der Waals surface area contributed by atoms with E-state index in [4.69, 9.17) is 4.42 Å². The number of aryl methyl sites for hydroxylation is 1. The van der Waals surface area contributed by atoms with Crippen LogP contribution in [0.25, 0.3) is 11.1 Å². The Balaban J connectivity index is 1.28. The lowest BCUT2D eigenvalue weighted by Gasteiger charge is -2.33. The Hall–Kier alpha value is -2.34. The average Bonchev–Trinajstić information content (AvgIpc) is 3.24. The predicted octanol–water partition coefficient (Wildman–Crippen LogP) is 2.24. The van der Waals surface area contributed by atoms with Crippen molar-refractivity contribution in [3.63, 3.8) is 0 Å². The molecule has 2 aromatic heterocycles. The summed E-state index contributed by atoms with van der Waals surface area (Å²) in [6, 6.07) is 10.7. The Morgan fingerprint density at radius 1 is 1.00 bits per heavy atom. The third-order valence-electron chi connectivity index (χ3n) is 4.35. The van der Waals surface area contributed by atoms with Gasteiger partial charge in [-0.1, -0.05) is 12.1 Å². The number of hydrogen-bond donors (Lipinski definition) is 0. The van der Waals surface area contributed by atoms with Gasteiger partial charge in [0.15, 0.2) is 5.58 Å². The maximum absolute atomic E-state index is 5.86. The van der Waals surface area contributed by atoms with Crippen molar-refractivity contribution >= 4 is 17.1 Å². The summed E-state index contributed by atoms with van der Waals surface area (Å²) in [7, 11) is 0. The van der Waals surface area contributed by atoms with Crippen molar-refractivity contribution in [1.82, 2.24) is 19.7 Å². The second kappa shape index (κ2) is 6.42. The number of oxazole rings is 1. The maximum atomic E-state index is 5.86. The summed E-state index contributed by atoms with van der Waals surface area (Å²) < 4.78 is 7.85. The molecule has 1 aliphatic rings. The summed E-state index contributed by atoms with van der Waals surface area (Å²) in [6.45, 7) is 6.14. The smallest absolute Gasteiger partial charge is 0.298 e. The molecule has 0 atom stereocenters. The van der Waals surface area contributed by atoms with Crippen LogP contribution >= 0.6 is 0 Å². The molecule has 1 aliphatic heterocycles. The van der Waals surface area contributed by atoms with E-state index in [1.54, 1.807) is 0 Å². The van der Waals surface area contributed by atoms with Crippen LogP contribution in [0.3, 0.4) is 0 Å². The molecule has 6 nitrogen and oxygen atoms in total. The fourth-order valence-electron chi connectivity index (χ4n) is 3.05. The van der Waals surface area contributed by atoms with E-state index in [0.717, 1.165) is 62.8 Å². The van der Waals surface area contributed by atoms with Gasteiger partial charge >= 0.3 is 0 Å². The van der Waals surface area contributed by atoms with Crippen LogP contribution in [-0.2, 0) is 6.54 Å². The molecule has 1 aromatic carbocycles. The van der Waals surface area contributed by atoms with Crippen LogP contribution in [0.5, 0.6) is 0 Å². The first-order valence-electron chi connectivity index (χ1n) is 8.19. The standard InChI is InChI=1S/C17H21N5O/c1-2-6-16-15(5-1)19-17(23-16)21-13-11-20(12-14-21)8-4-10-22-9-3-7-18-22/h1-3,5-7,9H,4,8,10-14H2. The number of nitrogens with zero attached hydrogens (tertiary/aromatic N) is 5. The minimum absolute atomic E-state index is 0.752. The molecule has 3 aromatic rings. The molecule has 120 valence electrons. The monoisotopic (exact) mass is 311 g/mol. The molecular formula is C17H21N5O. The highest BCUT2D eigenvalue weighted by Crippen LogP contribution is 2.22. The van der Waals surface area contributed by atoms with Gasteiger partial charge in [-0.3, -0.25) is 9.58 Å². The van der Waals surface area contributed by atoms with E-state index >= 15 is 0 Å². The fourth-order valence-corrected chi connectivity index (χ4v) is 3.05. The molecule has 0 N–H and O–H groups in total. The zero-order valence-corrected chi connectivity index (χ0v) is 13.1. The van der Waals surface area contributed by atoms with Crippen LogP contribution in [0, 0.1) is 0 Å². The van der Waals surface area contributed by atoms with E-state index in [-0.39, 0.29) is 0 Å². The first-order valence-corrected chi connectivity index (χ1v) is 8.19. The van der Waals surface area contributed by atoms with Crippen molar-refractivity contribution in [3.05, 3.63) is 42.7 Å². The van der Waals surface area contributed by atoms with Gasteiger partial charge in [-0.25, -0.2) is 0 Å². The Kier molecular flexibility index (Phi) is 3.98. The highest BCUT2D eigenvalue weighted by molar-refractivity contribution is 5.74. The second-order valence-electron chi connectivity index (χ2n) is 5.92. The summed E-state index contributed by atoms with van der Waals surface area (Å²) in [5.41, 5.74) is 1.80. The molecule has 0 unspecified atom stereocenters. The van der Waals surface area contributed by atoms with Gasteiger partial charge in [0.05, 0.1) is 0 Å². The number of rotatable bonds is 5. The second-order valence-corrected chi connectivity index (χ2v) is 5.92. The van der Waals surface area contributed by atoms with Crippen molar-refractivity contribution in [3.8, 4) is 0 Å². The third kappa shape index (κ3) is 3.22. The van der Waals surface area contributed by atoms with Gasteiger partial charge < -0.3 is 9.32 Å². The highest BCUT2D eigenvalue weighted by atomic mass is 16.4. The van der Waals surface area contributed by atoms with E-state index in [2.05, 4.69) is 19.9 Å². The molecule has 1 fully saturated rings. The van der Waals surface area contributed by atoms with Gasteiger partial charge in [-0.2, -0.15) is 10.1 Å². The Morgan fingerprint density at radius 2 is 1.87 bits per heavy atom. The van der Waals surface area contributed by atoms with Crippen molar-refractivity contribution in [2.45, 2.75) is 13.0 Å². The quantitative estimate of drug-likeness (QED) is 0.723. The SMILES string of the molecule is c1ccc2oc(N3CCN(CCCn4cccn4)CC3)nc2c1. The third-order valence-corrected chi connectivity index (χ3v) is 4.35. The maximum Gasteiger partial charge on any atom is 0.298 e. The summed E-state index contributed by atoms with van der Waals surface area (Å²) in [5, 5.41) is 4.24. The van der Waals surface area contributed by atoms with Crippen LogP contribution in [0.2, 0.25) is 0 Å². The highest BCUT2D eigenvalue weighted by Gasteiger charge is 2.20. The van der Waals surface area contributed by atoms with E-state index in [1.807, 2.05) is 47.4 Å². The van der Waals surface area contributed by atoms with Crippen LogP contribution in [-0.4, -0.2) is 52.4 Å². The minimum atomic E-state index is 0.752. The van der Waals surface area contributed by atoms with Gasteiger partial charge in [-0.05, 0) is 24.6 Å². The van der Waals surface area contributed by atoms with E-state index in [1.165, 1.54) is 0 Å². The van der Waals surface area contributed by atoms with E-state index in [9.17, 15) is 0 Å². The van der Waals surface area contributed by atoms with E-state index < -0.39 is 0 Å². The lowest BCUT2D eigenvalue weighted by atomic mass is 10.3. The van der Waals surface area contributed by atoms with Crippen molar-refractivity contribution in [1.29, 1.82) is 0 Å². The summed E-state index contributed by atoms with van der Waals surface area (Å²) in [6.07, 6.45) is 4.98. The lowest BCUT2D eigenvalue weighted by Crippen LogP contribution is -2.46. The molecule has 0 amide bonds. The number of hydrogen-bond acceptors (Lipinski definition) is 5. The zero-order chi connectivity index (χ0) is 15.5. The first kappa shape index (κ1) is 14.3. The largest absolute Gasteiger partial charge is 0.423 e. The summed E-state index contributed by atoms with van der Waals surface area (Å²) in [5.74, 6) is 0. The number of aromatic nitrogens is 3. The fraction of sp³-hybridized carbons (Fsp3) is 0.412. The molecule has 0 radical (unpaired) electrons. The molecule has 0 saturated carbocycles. The minimum Gasteiger partial charge on any atom is -0.423 e. The average molecular weight is 311 g/mol. The summed E-state index contributed by atoms with van der Waals surface area (Å²) >= 11 is 0. The number of anilines is 1. The van der Waals surface area contributed by atoms with Crippen LogP contribution in [0.1, 0.15) is 6.42 Å². The Bertz CT molecular complexity index is 710. The molecule has 23 heavy (non-hydrogen) atoms. The Morgan fingerprint density at radius 3 is 2.65 bits per heavy atom. The number of fused-ring (bicyclic) bond motifs is 1. The van der Waals surface area contributed by atoms with Crippen LogP contribution in [0.15, 0.2) is 47.1 Å². The first-order chi connectivity index (χ1) is 11.4. The molecule has 0 spiro atoms. The van der Waals surface area contributed by atoms with Crippen molar-refractivity contribution in [2.24, 2.45) is 0 Å². The predicted molar refractivity (Wildman–Crippen MR) is 89.5 cm³/mol. The number of para-hydroxylation sites is 2. The molecule has 0 aliphatic carbocycles. The lowest BCUT2D eigenvalue weighted by molar-refractivity contribution is 0.245. The molecule has 1 saturated heterocycles. The molecule has 3 heterocycles. The van der Waals surface area contributed by atoms with Crippen LogP contribution < -0.4 is 4.90 Å². The van der Waals surface area contributed by atoms with Crippen LogP contribution in [0.4, 0.5) is 6.01 Å². The molecule has 0 bridgehead atoms. The van der Waals surface area contributed by atoms with Crippen molar-refractivity contribution < 1.29 is 4.42 Å². The Labute approximate surface area is 135 Å². The van der Waals surface area contributed by atoms with Gasteiger partial charge in [-0.15, -0.1) is 0 Å². The van der Waals surface area contributed by atoms with Gasteiger partial charge in [0.1, 0.15) is 5.52 Å². The molecular weight excluding hydrogens is 290 g/mol. The zero-order valence-electron chi connectivity index (χ0n) is 13.1. The van der Waals surface area contributed by atoms with Gasteiger partial charge in [0.2, 0.25) is 0 Å². The van der Waals surface area contributed by atoms with Crippen molar-refractivity contribution in [2.75, 3.05) is 37.6 Å². The topological polar surface area (TPSA) is 50.3 Å². The number of piperazine rings is 1. The van der Waals surface area contributed by atoms with Gasteiger partial charge in [0, 0.05) is 51.7 Å². The molecule has 6 heteroatoms. The normalized spacial score (nSPS) is 16.3.